The van der Waals surface area contributed by atoms with Gasteiger partial charge in [-0.05, 0) is 18.6 Å². The Bertz CT molecular complexity index is 857. The van der Waals surface area contributed by atoms with Crippen molar-refractivity contribution in [2.24, 2.45) is 0 Å². The molecule has 0 aliphatic heterocycles. The van der Waals surface area contributed by atoms with Gasteiger partial charge >= 0.3 is 0 Å². The van der Waals surface area contributed by atoms with Gasteiger partial charge in [-0.2, -0.15) is 5.10 Å². The number of benzene rings is 1. The minimum Gasteiger partial charge on any atom is -0.505 e. The molecule has 0 fully saturated rings. The van der Waals surface area contributed by atoms with Gasteiger partial charge in [0, 0.05) is 17.8 Å². The molecule has 0 saturated heterocycles. The predicted molar refractivity (Wildman–Crippen MR) is 81.9 cm³/mol. The molecule has 0 atom stereocenters. The number of hydrogen-bond acceptors (Lipinski definition) is 5. The van der Waals surface area contributed by atoms with Crippen molar-refractivity contribution in [1.82, 2.24) is 19.7 Å². The highest BCUT2D eigenvalue weighted by atomic mass is 16.3. The molecule has 2 heterocycles. The summed E-state index contributed by atoms with van der Waals surface area (Å²) >= 11 is 0. The molecule has 1 aromatic carbocycles. The number of nitrogens with zero attached hydrogens (tertiary/aromatic N) is 4. The Hall–Kier alpha value is -3.02. The first-order valence-corrected chi connectivity index (χ1v) is 6.88. The molecule has 6 heteroatoms. The maximum Gasteiger partial charge on any atom is 0.203 e. The summed E-state index contributed by atoms with van der Waals surface area (Å²) in [5.74, 6) is 0.533. The lowest BCUT2D eigenvalue weighted by Gasteiger charge is -2.08. The minimum atomic E-state index is -0.0585. The van der Waals surface area contributed by atoms with E-state index in [4.69, 9.17) is 0 Å². The largest absolute Gasteiger partial charge is 0.505 e. The molecule has 1 N–H and O–H groups in total. The highest BCUT2D eigenvalue weighted by Crippen LogP contribution is 2.19. The quantitative estimate of drug-likeness (QED) is 0.798. The van der Waals surface area contributed by atoms with Crippen LogP contribution in [0.1, 0.15) is 12.6 Å². The highest BCUT2D eigenvalue weighted by molar-refractivity contribution is 5.58. The molecule has 3 rings (SSSR count). The summed E-state index contributed by atoms with van der Waals surface area (Å²) in [4.78, 5) is 19.8. The van der Waals surface area contributed by atoms with Crippen LogP contribution in [-0.2, 0) is 6.42 Å². The second-order valence-electron chi connectivity index (χ2n) is 4.74. The number of hydrogen-bond donors (Lipinski definition) is 1. The Labute approximate surface area is 126 Å². The Kier molecular flexibility index (Phi) is 3.65. The first-order valence-electron chi connectivity index (χ1n) is 6.88. The van der Waals surface area contributed by atoms with Crippen LogP contribution in [0.15, 0.2) is 53.7 Å². The van der Waals surface area contributed by atoms with Crippen molar-refractivity contribution >= 4 is 0 Å². The molecule has 0 aliphatic carbocycles. The average molecular weight is 294 g/mol. The molecule has 0 aliphatic rings. The monoisotopic (exact) mass is 294 g/mol. The number of aryl methyl sites for hydroxylation is 1. The molecule has 2 aromatic heterocycles. The maximum atomic E-state index is 11.6. The van der Waals surface area contributed by atoms with Gasteiger partial charge in [0.2, 0.25) is 5.43 Å². The Morgan fingerprint density at radius 3 is 2.68 bits per heavy atom. The third-order valence-electron chi connectivity index (χ3n) is 3.22. The van der Waals surface area contributed by atoms with E-state index in [1.54, 1.807) is 10.9 Å². The summed E-state index contributed by atoms with van der Waals surface area (Å²) in [5.41, 5.74) is 2.07. The van der Waals surface area contributed by atoms with E-state index in [0.29, 0.717) is 17.9 Å². The van der Waals surface area contributed by atoms with Gasteiger partial charge in [0.1, 0.15) is 5.69 Å². The van der Waals surface area contributed by atoms with E-state index < -0.39 is 0 Å². The summed E-state index contributed by atoms with van der Waals surface area (Å²) in [6, 6.07) is 9.02. The Morgan fingerprint density at radius 1 is 1.18 bits per heavy atom. The zero-order valence-corrected chi connectivity index (χ0v) is 12.0. The van der Waals surface area contributed by atoms with Crippen molar-refractivity contribution < 1.29 is 5.11 Å². The Morgan fingerprint density at radius 2 is 1.95 bits per heavy atom. The van der Waals surface area contributed by atoms with Crippen molar-refractivity contribution in [2.75, 3.05) is 0 Å². The molecule has 0 radical (unpaired) electrons. The third kappa shape index (κ3) is 2.71. The third-order valence-corrected chi connectivity index (χ3v) is 3.22. The first-order chi connectivity index (χ1) is 10.7. The highest BCUT2D eigenvalue weighted by Gasteiger charge is 2.05. The number of rotatable bonds is 3. The van der Waals surface area contributed by atoms with Crippen LogP contribution in [0.4, 0.5) is 0 Å². The van der Waals surface area contributed by atoms with Gasteiger partial charge in [-0.1, -0.05) is 19.1 Å². The first kappa shape index (κ1) is 13.9. The summed E-state index contributed by atoms with van der Waals surface area (Å²) in [6.07, 6.45) is 4.92. The normalized spacial score (nSPS) is 10.6. The smallest absolute Gasteiger partial charge is 0.203 e. The SMILES string of the molecule is CCc1nn(-c2cccc(-c3ncc(O)cn3)c2)ccc1=O. The molecule has 0 amide bonds. The minimum absolute atomic E-state index is 0.0227. The van der Waals surface area contributed by atoms with E-state index in [-0.39, 0.29) is 11.2 Å². The second kappa shape index (κ2) is 5.77. The van der Waals surface area contributed by atoms with E-state index >= 15 is 0 Å². The zero-order valence-electron chi connectivity index (χ0n) is 12.0. The summed E-state index contributed by atoms with van der Waals surface area (Å²) in [7, 11) is 0. The van der Waals surface area contributed by atoms with Crippen molar-refractivity contribution in [2.45, 2.75) is 13.3 Å². The van der Waals surface area contributed by atoms with Gasteiger partial charge in [-0.25, -0.2) is 14.6 Å². The van der Waals surface area contributed by atoms with E-state index in [9.17, 15) is 9.90 Å². The topological polar surface area (TPSA) is 80.9 Å². The molecule has 6 nitrogen and oxygen atoms in total. The number of aromatic hydroxyl groups is 1. The molecule has 3 aromatic rings. The van der Waals surface area contributed by atoms with Gasteiger partial charge in [0.25, 0.3) is 0 Å². The van der Waals surface area contributed by atoms with Crippen molar-refractivity contribution in [3.8, 4) is 22.8 Å². The summed E-state index contributed by atoms with van der Waals surface area (Å²) in [6.45, 7) is 1.90. The van der Waals surface area contributed by atoms with Crippen LogP contribution in [0.25, 0.3) is 17.1 Å². The van der Waals surface area contributed by atoms with Gasteiger partial charge in [0.05, 0.1) is 18.1 Å². The van der Waals surface area contributed by atoms with Gasteiger partial charge in [-0.3, -0.25) is 4.79 Å². The van der Waals surface area contributed by atoms with Crippen LogP contribution in [-0.4, -0.2) is 24.9 Å². The zero-order chi connectivity index (χ0) is 15.5. The molecule has 0 bridgehead atoms. The molecule has 0 saturated carbocycles. The fourth-order valence-corrected chi connectivity index (χ4v) is 2.09. The van der Waals surface area contributed by atoms with Crippen molar-refractivity contribution in [3.63, 3.8) is 0 Å². The van der Waals surface area contributed by atoms with E-state index in [2.05, 4.69) is 15.1 Å². The van der Waals surface area contributed by atoms with Gasteiger partial charge in [-0.15, -0.1) is 0 Å². The summed E-state index contributed by atoms with van der Waals surface area (Å²) in [5, 5.41) is 13.6. The second-order valence-corrected chi connectivity index (χ2v) is 4.74. The Balaban J connectivity index is 2.04. The van der Waals surface area contributed by atoms with Gasteiger partial charge in [0.15, 0.2) is 11.6 Å². The van der Waals surface area contributed by atoms with Crippen molar-refractivity contribution in [3.05, 3.63) is 64.8 Å². The lowest BCUT2D eigenvalue weighted by atomic mass is 10.2. The summed E-state index contributed by atoms with van der Waals surface area (Å²) < 4.78 is 1.66. The number of aromatic nitrogens is 4. The molecule has 22 heavy (non-hydrogen) atoms. The molecule has 110 valence electrons. The van der Waals surface area contributed by atoms with Crippen molar-refractivity contribution in [1.29, 1.82) is 0 Å². The van der Waals surface area contributed by atoms with Gasteiger partial charge < -0.3 is 5.11 Å². The van der Waals surface area contributed by atoms with Crippen LogP contribution >= 0.6 is 0 Å². The van der Waals surface area contributed by atoms with Crippen LogP contribution in [0.3, 0.4) is 0 Å². The molecular weight excluding hydrogens is 280 g/mol. The lowest BCUT2D eigenvalue weighted by Crippen LogP contribution is -2.15. The predicted octanol–water partition coefficient (Wildman–Crippen LogP) is 1.96. The van der Waals surface area contributed by atoms with E-state index in [1.807, 2.05) is 31.2 Å². The molecule has 0 spiro atoms. The molecule has 0 unspecified atom stereocenters. The van der Waals surface area contributed by atoms with Crippen LogP contribution in [0, 0.1) is 0 Å². The lowest BCUT2D eigenvalue weighted by molar-refractivity contribution is 0.470. The van der Waals surface area contributed by atoms with E-state index in [0.717, 1.165) is 11.3 Å². The van der Waals surface area contributed by atoms with Crippen LogP contribution in [0.5, 0.6) is 5.75 Å². The standard InChI is InChI=1S/C16H14N4O2/c1-2-14-15(22)6-7-20(19-14)12-5-3-4-11(8-12)16-17-9-13(21)10-18-16/h3-10,21H,2H2,1H3. The van der Waals surface area contributed by atoms with Crippen LogP contribution < -0.4 is 5.43 Å². The maximum absolute atomic E-state index is 11.6. The fourth-order valence-electron chi connectivity index (χ4n) is 2.09. The fraction of sp³-hybridized carbons (Fsp3) is 0.125. The average Bonchev–Trinajstić information content (AvgIpc) is 2.56. The van der Waals surface area contributed by atoms with Crippen LogP contribution in [0.2, 0.25) is 0 Å². The molecular formula is C16H14N4O2. The van der Waals surface area contributed by atoms with E-state index in [1.165, 1.54) is 18.5 Å².